The molecule has 2 aliphatic carbocycles. The quantitative estimate of drug-likeness (QED) is 0.726. The summed E-state index contributed by atoms with van der Waals surface area (Å²) in [5, 5.41) is 19.8. The Labute approximate surface area is 105 Å². The molecule has 2 saturated carbocycles. The van der Waals surface area contributed by atoms with E-state index in [1.54, 1.807) is 0 Å². The maximum atomic E-state index is 10.5. The third-order valence-corrected chi connectivity index (χ3v) is 5.94. The fraction of sp³-hybridized carbons (Fsp3) is 0.867. The van der Waals surface area contributed by atoms with Crippen LogP contribution in [-0.2, 0) is 0 Å². The van der Waals surface area contributed by atoms with Gasteiger partial charge < -0.3 is 10.2 Å². The van der Waals surface area contributed by atoms with Gasteiger partial charge in [-0.3, -0.25) is 0 Å². The Bertz CT molecular complexity index is 321. The van der Waals surface area contributed by atoms with Gasteiger partial charge in [0.1, 0.15) is 0 Å². The second kappa shape index (κ2) is 4.10. The normalized spacial score (nSPS) is 50.1. The molecule has 0 aromatic heterocycles. The van der Waals surface area contributed by atoms with Crippen LogP contribution < -0.4 is 0 Å². The highest BCUT2D eigenvalue weighted by Gasteiger charge is 2.56. The van der Waals surface area contributed by atoms with Gasteiger partial charge in [-0.2, -0.15) is 0 Å². The van der Waals surface area contributed by atoms with Gasteiger partial charge in [0.2, 0.25) is 0 Å². The van der Waals surface area contributed by atoms with Gasteiger partial charge in [0.05, 0.1) is 12.2 Å². The van der Waals surface area contributed by atoms with Crippen LogP contribution in [0.25, 0.3) is 0 Å². The number of aliphatic hydroxyl groups excluding tert-OH is 1. The lowest BCUT2D eigenvalue weighted by Crippen LogP contribution is -2.50. The van der Waals surface area contributed by atoms with E-state index in [-0.39, 0.29) is 12.0 Å². The molecule has 2 N–H and O–H groups in total. The topological polar surface area (TPSA) is 40.5 Å². The van der Waals surface area contributed by atoms with Crippen LogP contribution in [0.4, 0.5) is 0 Å². The molecule has 0 saturated heterocycles. The first-order chi connectivity index (χ1) is 7.83. The summed E-state index contributed by atoms with van der Waals surface area (Å²) < 4.78 is 0. The summed E-state index contributed by atoms with van der Waals surface area (Å²) in [6.45, 7) is 10.6. The molecule has 0 radical (unpaired) electrons. The van der Waals surface area contributed by atoms with Crippen LogP contribution in [-0.4, -0.2) is 22.4 Å². The van der Waals surface area contributed by atoms with Gasteiger partial charge in [0.25, 0.3) is 0 Å². The number of aliphatic hydroxyl groups is 2. The predicted octanol–water partition coefficient (Wildman–Crippen LogP) is 2.75. The molecule has 0 aromatic carbocycles. The Balaban J connectivity index is 2.25. The molecule has 0 unspecified atom stereocenters. The summed E-state index contributed by atoms with van der Waals surface area (Å²) in [4.78, 5) is 0. The Morgan fingerprint density at radius 1 is 1.29 bits per heavy atom. The van der Waals surface area contributed by atoms with Crippen molar-refractivity contribution >= 4 is 0 Å². The van der Waals surface area contributed by atoms with Crippen LogP contribution >= 0.6 is 0 Å². The van der Waals surface area contributed by atoms with E-state index in [0.29, 0.717) is 17.8 Å². The van der Waals surface area contributed by atoms with Gasteiger partial charge in [-0.25, -0.2) is 0 Å². The van der Waals surface area contributed by atoms with Gasteiger partial charge >= 0.3 is 0 Å². The fourth-order valence-electron chi connectivity index (χ4n) is 4.36. The molecule has 0 heterocycles. The van der Waals surface area contributed by atoms with Crippen LogP contribution in [0.3, 0.4) is 0 Å². The van der Waals surface area contributed by atoms with E-state index >= 15 is 0 Å². The van der Waals surface area contributed by atoms with Gasteiger partial charge in [0.15, 0.2) is 0 Å². The first kappa shape index (κ1) is 13.1. The van der Waals surface area contributed by atoms with Gasteiger partial charge in [-0.15, -0.1) is 0 Å². The number of rotatable bonds is 2. The minimum atomic E-state index is -0.527. The summed E-state index contributed by atoms with van der Waals surface area (Å²) in [6.07, 6.45) is 4.22. The molecule has 2 heteroatoms. The van der Waals surface area contributed by atoms with Crippen molar-refractivity contribution < 1.29 is 10.2 Å². The van der Waals surface area contributed by atoms with E-state index in [1.165, 1.54) is 0 Å². The maximum absolute atomic E-state index is 10.5. The van der Waals surface area contributed by atoms with Crippen molar-refractivity contribution in [1.29, 1.82) is 0 Å². The lowest BCUT2D eigenvalue weighted by molar-refractivity contribution is -0.108. The Kier molecular flexibility index (Phi) is 3.16. The second-order valence-corrected chi connectivity index (χ2v) is 6.69. The molecule has 0 aliphatic heterocycles. The highest BCUT2D eigenvalue weighted by Crippen LogP contribution is 2.61. The van der Waals surface area contributed by atoms with Crippen LogP contribution in [0, 0.1) is 23.2 Å². The molecule has 0 spiro atoms. The third kappa shape index (κ3) is 1.86. The smallest absolute Gasteiger partial charge is 0.0650 e. The molecule has 0 amide bonds. The molecule has 2 aliphatic rings. The Hall–Kier alpha value is -0.340. The SMILES string of the molecule is C=C(CO)[C@H]1CC[C@@]2(C)[C@H]1CC[C@@](C)(O)[C@H]2C. The van der Waals surface area contributed by atoms with Crippen LogP contribution in [0.15, 0.2) is 12.2 Å². The van der Waals surface area contributed by atoms with Crippen molar-refractivity contribution in [3.8, 4) is 0 Å². The molecule has 0 aromatic rings. The van der Waals surface area contributed by atoms with Crippen LogP contribution in [0.2, 0.25) is 0 Å². The summed E-state index contributed by atoms with van der Waals surface area (Å²) in [5.41, 5.74) is 0.679. The van der Waals surface area contributed by atoms with Gasteiger partial charge in [0, 0.05) is 0 Å². The maximum Gasteiger partial charge on any atom is 0.0650 e. The van der Waals surface area contributed by atoms with Gasteiger partial charge in [-0.1, -0.05) is 20.4 Å². The molecule has 2 nitrogen and oxygen atoms in total. The first-order valence-electron chi connectivity index (χ1n) is 6.84. The van der Waals surface area contributed by atoms with Crippen molar-refractivity contribution in [1.82, 2.24) is 0 Å². The Morgan fingerprint density at radius 3 is 2.53 bits per heavy atom. The number of hydrogen-bond acceptors (Lipinski definition) is 2. The molecule has 98 valence electrons. The average Bonchev–Trinajstić information content (AvgIpc) is 2.62. The van der Waals surface area contributed by atoms with Crippen molar-refractivity contribution in [2.45, 2.75) is 52.1 Å². The van der Waals surface area contributed by atoms with E-state index in [2.05, 4.69) is 20.4 Å². The highest BCUT2D eigenvalue weighted by atomic mass is 16.3. The van der Waals surface area contributed by atoms with Crippen molar-refractivity contribution in [2.24, 2.45) is 23.2 Å². The van der Waals surface area contributed by atoms with E-state index in [1.807, 2.05) is 6.92 Å². The summed E-state index contributed by atoms with van der Waals surface area (Å²) in [5.74, 6) is 1.38. The molecule has 2 fully saturated rings. The van der Waals surface area contributed by atoms with Crippen LogP contribution in [0.1, 0.15) is 46.5 Å². The molecular weight excluding hydrogens is 212 g/mol. The van der Waals surface area contributed by atoms with E-state index in [0.717, 1.165) is 31.3 Å². The number of hydrogen-bond donors (Lipinski definition) is 2. The minimum Gasteiger partial charge on any atom is -0.392 e. The van der Waals surface area contributed by atoms with Crippen molar-refractivity contribution in [3.63, 3.8) is 0 Å². The standard InChI is InChI=1S/C15H26O2/c1-10(9-16)12-5-7-14(3)11(2)15(4,17)8-6-13(12)14/h11-13,16-17H,1,5-9H2,2-4H3/t11-,12+,13-,14+,15+/m0/s1. The molecular formula is C15H26O2. The zero-order chi connectivity index (χ0) is 12.8. The molecule has 5 atom stereocenters. The van der Waals surface area contributed by atoms with Crippen molar-refractivity contribution in [2.75, 3.05) is 6.61 Å². The number of fused-ring (bicyclic) bond motifs is 1. The predicted molar refractivity (Wildman–Crippen MR) is 69.6 cm³/mol. The molecule has 0 bridgehead atoms. The second-order valence-electron chi connectivity index (χ2n) is 6.69. The third-order valence-electron chi connectivity index (χ3n) is 5.94. The zero-order valence-corrected chi connectivity index (χ0v) is 11.4. The first-order valence-corrected chi connectivity index (χ1v) is 6.84. The molecule has 17 heavy (non-hydrogen) atoms. The summed E-state index contributed by atoms with van der Waals surface area (Å²) in [7, 11) is 0. The summed E-state index contributed by atoms with van der Waals surface area (Å²) >= 11 is 0. The van der Waals surface area contributed by atoms with Crippen molar-refractivity contribution in [3.05, 3.63) is 12.2 Å². The van der Waals surface area contributed by atoms with E-state index in [4.69, 9.17) is 0 Å². The average molecular weight is 238 g/mol. The Morgan fingerprint density at radius 2 is 1.94 bits per heavy atom. The lowest BCUT2D eigenvalue weighted by Gasteiger charge is -2.51. The van der Waals surface area contributed by atoms with Gasteiger partial charge in [-0.05, 0) is 61.3 Å². The lowest BCUT2D eigenvalue weighted by atomic mass is 9.56. The zero-order valence-electron chi connectivity index (χ0n) is 11.4. The monoisotopic (exact) mass is 238 g/mol. The highest BCUT2D eigenvalue weighted by molar-refractivity contribution is 5.14. The fourth-order valence-corrected chi connectivity index (χ4v) is 4.36. The summed E-state index contributed by atoms with van der Waals surface area (Å²) in [6, 6.07) is 0. The van der Waals surface area contributed by atoms with E-state index < -0.39 is 5.60 Å². The largest absolute Gasteiger partial charge is 0.392 e. The van der Waals surface area contributed by atoms with E-state index in [9.17, 15) is 10.2 Å². The minimum absolute atomic E-state index is 0.113. The molecule has 2 rings (SSSR count). The van der Waals surface area contributed by atoms with Crippen LogP contribution in [0.5, 0.6) is 0 Å².